The van der Waals surface area contributed by atoms with Gasteiger partial charge in [0.05, 0.1) is 17.7 Å². The second-order valence-electron chi connectivity index (χ2n) is 10.2. The normalized spacial score (nSPS) is 11.5. The molecule has 0 fully saturated rings. The Morgan fingerprint density at radius 1 is 0.851 bits per heavy atom. The lowest BCUT2D eigenvalue weighted by atomic mass is 10.2. The molecular formula is C34H28Cl2N4O6S. The van der Waals surface area contributed by atoms with Gasteiger partial charge in [-0.2, -0.15) is 9.41 Å². The number of nitrogens with one attached hydrogen (secondary N) is 2. The lowest BCUT2D eigenvalue weighted by Gasteiger charge is -2.22. The molecule has 2 N–H and O–H groups in total. The number of anilines is 1. The maximum Gasteiger partial charge on any atom is 0.329 e. The fourth-order valence-electron chi connectivity index (χ4n) is 4.27. The number of aryl methyl sites for hydroxylation is 1. The van der Waals surface area contributed by atoms with Gasteiger partial charge in [0.25, 0.3) is 0 Å². The number of carbonyl (C=O) groups is 2. The monoisotopic (exact) mass is 690 g/mol. The first kappa shape index (κ1) is 33.4. The Kier molecular flexibility index (Phi) is 10.7. The summed E-state index contributed by atoms with van der Waals surface area (Å²) in [7, 11) is -3.97. The molecule has 0 atom stereocenters. The average molecular weight is 692 g/mol. The average Bonchev–Trinajstić information content (AvgIpc) is 3.50. The van der Waals surface area contributed by atoms with Gasteiger partial charge in [0.15, 0.2) is 0 Å². The van der Waals surface area contributed by atoms with E-state index in [4.69, 9.17) is 32.4 Å². The Hall–Kier alpha value is -4.94. The third-order valence-electron chi connectivity index (χ3n) is 6.69. The van der Waals surface area contributed by atoms with E-state index in [0.29, 0.717) is 38.6 Å². The molecule has 0 aliphatic carbocycles. The van der Waals surface area contributed by atoms with Crippen LogP contribution in [0.1, 0.15) is 22.6 Å². The zero-order chi connectivity index (χ0) is 33.4. The van der Waals surface area contributed by atoms with Gasteiger partial charge >= 0.3 is 11.8 Å². The quantitative estimate of drug-likeness (QED) is 0.0859. The molecule has 5 aromatic rings. The predicted molar refractivity (Wildman–Crippen MR) is 180 cm³/mol. The molecule has 1 heterocycles. The van der Waals surface area contributed by atoms with Crippen LogP contribution in [0.5, 0.6) is 11.5 Å². The molecule has 1 aromatic heterocycles. The molecule has 2 amide bonds. The van der Waals surface area contributed by atoms with Crippen LogP contribution in [0.3, 0.4) is 0 Å². The Balaban J connectivity index is 1.20. The number of nitrogens with zero attached hydrogens (tertiary/aromatic N) is 2. The van der Waals surface area contributed by atoms with E-state index in [9.17, 15) is 18.0 Å². The first-order chi connectivity index (χ1) is 22.6. The lowest BCUT2D eigenvalue weighted by molar-refractivity contribution is -0.136. The summed E-state index contributed by atoms with van der Waals surface area (Å²) in [4.78, 5) is 24.8. The molecule has 0 aliphatic heterocycles. The molecule has 0 bridgehead atoms. The predicted octanol–water partition coefficient (Wildman–Crippen LogP) is 7.17. The highest BCUT2D eigenvalue weighted by Gasteiger charge is 2.27. The van der Waals surface area contributed by atoms with E-state index in [1.165, 1.54) is 22.7 Å². The number of ether oxygens (including phenoxy) is 1. The number of sulfonamides is 1. The van der Waals surface area contributed by atoms with E-state index in [1.807, 2.05) is 37.3 Å². The number of hydrazone groups is 1. The van der Waals surface area contributed by atoms with Gasteiger partial charge in [-0.3, -0.25) is 9.59 Å². The van der Waals surface area contributed by atoms with Crippen molar-refractivity contribution in [2.45, 2.75) is 24.9 Å². The highest BCUT2D eigenvalue weighted by Crippen LogP contribution is 2.27. The van der Waals surface area contributed by atoms with Crippen molar-refractivity contribution in [1.82, 2.24) is 9.73 Å². The number of furan rings is 1. The molecule has 4 aromatic carbocycles. The molecule has 5 rings (SSSR count). The van der Waals surface area contributed by atoms with E-state index < -0.39 is 21.8 Å². The van der Waals surface area contributed by atoms with Crippen LogP contribution < -0.4 is 15.5 Å². The highest BCUT2D eigenvalue weighted by atomic mass is 35.5. The summed E-state index contributed by atoms with van der Waals surface area (Å²) in [6.45, 7) is 1.68. The molecule has 13 heteroatoms. The van der Waals surface area contributed by atoms with Gasteiger partial charge in [-0.25, -0.2) is 13.8 Å². The fraction of sp³-hybridized carbons (Fsp3) is 0.0882. The zero-order valence-electron chi connectivity index (χ0n) is 24.9. The van der Waals surface area contributed by atoms with Crippen LogP contribution >= 0.6 is 23.2 Å². The number of hydrogen-bond acceptors (Lipinski definition) is 7. The molecule has 240 valence electrons. The number of halogens is 2. The summed E-state index contributed by atoms with van der Waals surface area (Å²) < 4.78 is 40.1. The van der Waals surface area contributed by atoms with Crippen LogP contribution in [0, 0.1) is 6.92 Å². The molecule has 10 nitrogen and oxygen atoms in total. The van der Waals surface area contributed by atoms with E-state index in [-0.39, 0.29) is 23.7 Å². The van der Waals surface area contributed by atoms with Crippen LogP contribution in [-0.4, -0.2) is 30.8 Å². The van der Waals surface area contributed by atoms with Crippen molar-refractivity contribution in [3.8, 4) is 11.5 Å². The summed E-state index contributed by atoms with van der Waals surface area (Å²) in [6, 6.07) is 30.2. The second kappa shape index (κ2) is 15.1. The molecule has 0 aliphatic rings. The summed E-state index contributed by atoms with van der Waals surface area (Å²) in [5, 5.41) is 7.02. The molecule has 0 saturated carbocycles. The van der Waals surface area contributed by atoms with Gasteiger partial charge in [-0.1, -0.05) is 65.2 Å². The molecule has 0 radical (unpaired) electrons. The topological polar surface area (TPSA) is 130 Å². The zero-order valence-corrected chi connectivity index (χ0v) is 27.2. The number of amides is 2. The summed E-state index contributed by atoms with van der Waals surface area (Å²) in [6.07, 6.45) is 1.19. The third-order valence-corrected chi connectivity index (χ3v) is 9.08. The number of carbonyl (C=O) groups excluding carboxylic acids is 2. The van der Waals surface area contributed by atoms with E-state index >= 15 is 0 Å². The molecule has 47 heavy (non-hydrogen) atoms. The Bertz CT molecular complexity index is 2000. The van der Waals surface area contributed by atoms with Gasteiger partial charge in [-0.05, 0) is 85.3 Å². The molecular weight excluding hydrogens is 663 g/mol. The van der Waals surface area contributed by atoms with Gasteiger partial charge in [-0.15, -0.1) is 0 Å². The number of benzene rings is 4. The van der Waals surface area contributed by atoms with Gasteiger partial charge in [0.1, 0.15) is 23.0 Å². The van der Waals surface area contributed by atoms with E-state index in [1.54, 1.807) is 66.7 Å². The minimum atomic E-state index is -3.97. The van der Waals surface area contributed by atoms with Crippen LogP contribution in [0.15, 0.2) is 124 Å². The second-order valence-corrected chi connectivity index (χ2v) is 13.0. The summed E-state index contributed by atoms with van der Waals surface area (Å²) in [5.74, 6) is -0.198. The van der Waals surface area contributed by atoms with E-state index in [0.717, 1.165) is 5.56 Å². The lowest BCUT2D eigenvalue weighted by Crippen LogP contribution is -2.32. The van der Waals surface area contributed by atoms with Crippen molar-refractivity contribution in [3.05, 3.63) is 142 Å². The third kappa shape index (κ3) is 9.08. The Morgan fingerprint density at radius 3 is 2.26 bits per heavy atom. The molecule has 0 spiro atoms. The summed E-state index contributed by atoms with van der Waals surface area (Å²) in [5.41, 5.74) is 3.99. The molecule has 0 saturated heterocycles. The first-order valence-corrected chi connectivity index (χ1v) is 16.3. The van der Waals surface area contributed by atoms with Crippen molar-refractivity contribution in [3.63, 3.8) is 0 Å². The smallest absolute Gasteiger partial charge is 0.329 e. The summed E-state index contributed by atoms with van der Waals surface area (Å²) >= 11 is 12.4. The Labute approximate surface area is 281 Å². The number of hydrogen-bond donors (Lipinski definition) is 2. The van der Waals surface area contributed by atoms with Crippen molar-refractivity contribution >= 4 is 56.9 Å². The van der Waals surface area contributed by atoms with Crippen molar-refractivity contribution in [2.75, 3.05) is 5.32 Å². The van der Waals surface area contributed by atoms with Gasteiger partial charge < -0.3 is 14.5 Å². The van der Waals surface area contributed by atoms with Crippen LogP contribution in [0.4, 0.5) is 5.69 Å². The fourth-order valence-corrected chi connectivity index (χ4v) is 6.12. The highest BCUT2D eigenvalue weighted by molar-refractivity contribution is 7.89. The first-order valence-electron chi connectivity index (χ1n) is 14.1. The number of para-hydroxylation sites is 1. The van der Waals surface area contributed by atoms with Crippen molar-refractivity contribution in [2.24, 2.45) is 5.10 Å². The van der Waals surface area contributed by atoms with E-state index in [2.05, 4.69) is 15.8 Å². The number of rotatable bonds is 11. The largest absolute Gasteiger partial charge is 0.459 e. The standard InChI is InChI=1S/C34H28Cl2N4O6S/c1-23-7-17-31(18-8-23)47(43,44)40(21-24-9-10-25(35)19-32(24)36)22-30-16-15-29(46-30)20-37-39-34(42)33(41)38-26-11-13-28(14-12-26)45-27-5-3-2-4-6-27/h2-20H,21-22H2,1H3,(H,38,41)(H,39,42)/b37-20+. The maximum atomic E-state index is 13.7. The molecule has 0 unspecified atom stereocenters. The van der Waals surface area contributed by atoms with Crippen LogP contribution in [0.25, 0.3) is 0 Å². The Morgan fingerprint density at radius 2 is 1.55 bits per heavy atom. The maximum absolute atomic E-state index is 13.7. The van der Waals surface area contributed by atoms with Crippen molar-refractivity contribution < 1.29 is 27.2 Å². The van der Waals surface area contributed by atoms with Crippen molar-refractivity contribution in [1.29, 1.82) is 0 Å². The minimum absolute atomic E-state index is 0.0513. The van der Waals surface area contributed by atoms with Crippen LogP contribution in [-0.2, 0) is 32.7 Å². The van der Waals surface area contributed by atoms with Gasteiger partial charge in [0.2, 0.25) is 10.0 Å². The van der Waals surface area contributed by atoms with Gasteiger partial charge in [0, 0.05) is 22.3 Å². The minimum Gasteiger partial charge on any atom is -0.459 e. The SMILES string of the molecule is Cc1ccc(S(=O)(=O)N(Cc2ccc(/C=N/NC(=O)C(=O)Nc3ccc(Oc4ccccc4)cc3)o2)Cc2ccc(Cl)cc2Cl)cc1. The van der Waals surface area contributed by atoms with Crippen LogP contribution in [0.2, 0.25) is 10.0 Å².